The molecule has 0 radical (unpaired) electrons. The number of fused-ring (bicyclic) bond motifs is 6. The van der Waals surface area contributed by atoms with Gasteiger partial charge < -0.3 is 14.1 Å². The van der Waals surface area contributed by atoms with Gasteiger partial charge in [0.1, 0.15) is 0 Å². The Morgan fingerprint density at radius 1 is 0.947 bits per heavy atom. The molecule has 192 valence electrons. The quantitative estimate of drug-likeness (QED) is 0.203. The maximum Gasteiger partial charge on any atom is 0.375 e. The number of anilines is 1. The van der Waals surface area contributed by atoms with E-state index < -0.39 is 16.0 Å². The summed E-state index contributed by atoms with van der Waals surface area (Å²) in [7, 11) is -4.34. The molecule has 0 saturated carbocycles. The average molecular weight is 528 g/mol. The highest BCUT2D eigenvalue weighted by molar-refractivity contribution is 7.84. The van der Waals surface area contributed by atoms with E-state index in [1.807, 2.05) is 73.7 Å². The molecule has 6 rings (SSSR count). The van der Waals surface area contributed by atoms with Gasteiger partial charge in [-0.25, -0.2) is 0 Å². The van der Waals surface area contributed by atoms with Gasteiger partial charge in [-0.05, 0) is 47.9 Å². The number of hydrogen-bond donors (Lipinski definition) is 1. The predicted molar refractivity (Wildman–Crippen MR) is 149 cm³/mol. The third-order valence-corrected chi connectivity index (χ3v) is 7.45. The smallest absolute Gasteiger partial charge is 0.375 e. The lowest BCUT2D eigenvalue weighted by molar-refractivity contribution is -0.658. The molecule has 8 heteroatoms. The SMILES string of the molecule is CCC(/C=C1\Oc2ccc3ccccc3c2N1CC)=C\c1oc2ccc3ccccc3c2[n+]1CS(=O)(=O)O. The maximum absolute atomic E-state index is 12.0. The molecule has 1 aromatic heterocycles. The summed E-state index contributed by atoms with van der Waals surface area (Å²) >= 11 is 0. The molecule has 5 aromatic rings. The molecule has 0 saturated heterocycles. The van der Waals surface area contributed by atoms with E-state index in [9.17, 15) is 13.0 Å². The summed E-state index contributed by atoms with van der Waals surface area (Å²) in [6.07, 6.45) is 4.41. The summed E-state index contributed by atoms with van der Waals surface area (Å²) in [5.41, 5.74) is 3.06. The standard InChI is InChI=1S/C30H26N2O5S/c1-3-20(17-27-31(4-2)29-23-11-7-5-9-21(23)13-15-25(29)36-27)18-28-32(19-38(33,34)35)30-24-12-8-6-10-22(24)14-16-26(30)37-28/h5-18H,3-4,19H2,1-2H3/p+1. The van der Waals surface area contributed by atoms with Crippen LogP contribution in [0.25, 0.3) is 38.7 Å². The van der Waals surface area contributed by atoms with Crippen molar-refractivity contribution in [1.29, 1.82) is 0 Å². The van der Waals surface area contributed by atoms with E-state index in [2.05, 4.69) is 30.0 Å². The largest absolute Gasteiger partial charge is 0.439 e. The molecule has 0 aliphatic carbocycles. The van der Waals surface area contributed by atoms with Crippen LogP contribution in [0, 0.1) is 0 Å². The summed E-state index contributed by atoms with van der Waals surface area (Å²) in [5.74, 6) is 1.19. The second-order valence-electron chi connectivity index (χ2n) is 9.25. The molecule has 0 amide bonds. The van der Waals surface area contributed by atoms with Gasteiger partial charge in [-0.15, -0.1) is 4.57 Å². The number of ether oxygens (including phenoxy) is 1. The van der Waals surface area contributed by atoms with E-state index in [0.717, 1.165) is 38.6 Å². The maximum atomic E-state index is 12.0. The van der Waals surface area contributed by atoms with E-state index in [4.69, 9.17) is 9.15 Å². The van der Waals surface area contributed by atoms with Crippen LogP contribution in [0.5, 0.6) is 5.75 Å². The van der Waals surface area contributed by atoms with E-state index in [1.54, 1.807) is 0 Å². The van der Waals surface area contributed by atoms with Crippen LogP contribution in [0.1, 0.15) is 26.2 Å². The summed E-state index contributed by atoms with van der Waals surface area (Å²) in [4.78, 5) is 2.14. The summed E-state index contributed by atoms with van der Waals surface area (Å²) in [5, 5.41) is 4.04. The first-order valence-corrected chi connectivity index (χ1v) is 14.2. The van der Waals surface area contributed by atoms with Crippen molar-refractivity contribution in [3.05, 3.63) is 96.2 Å². The van der Waals surface area contributed by atoms with Crippen molar-refractivity contribution in [2.24, 2.45) is 0 Å². The lowest BCUT2D eigenvalue weighted by Gasteiger charge is -2.17. The minimum atomic E-state index is -4.34. The Balaban J connectivity index is 1.49. The minimum absolute atomic E-state index is 0.326. The highest BCUT2D eigenvalue weighted by Crippen LogP contribution is 2.44. The minimum Gasteiger partial charge on any atom is -0.439 e. The van der Waals surface area contributed by atoms with E-state index in [0.29, 0.717) is 35.8 Å². The topological polar surface area (TPSA) is 83.9 Å². The molecular weight excluding hydrogens is 500 g/mol. The molecule has 0 unspecified atom stereocenters. The number of allylic oxidation sites excluding steroid dienone is 2. The highest BCUT2D eigenvalue weighted by atomic mass is 32.2. The van der Waals surface area contributed by atoms with Gasteiger partial charge in [-0.3, -0.25) is 4.55 Å². The Kier molecular flexibility index (Phi) is 5.93. The van der Waals surface area contributed by atoms with Crippen LogP contribution in [-0.2, 0) is 16.0 Å². The first-order chi connectivity index (χ1) is 18.4. The van der Waals surface area contributed by atoms with Gasteiger partial charge in [-0.2, -0.15) is 8.42 Å². The van der Waals surface area contributed by atoms with Gasteiger partial charge in [0.05, 0.1) is 17.1 Å². The summed E-state index contributed by atoms with van der Waals surface area (Å²) in [6.45, 7) is 4.80. The van der Waals surface area contributed by atoms with Crippen molar-refractivity contribution < 1.29 is 26.7 Å². The monoisotopic (exact) mass is 527 g/mol. The van der Waals surface area contributed by atoms with Crippen molar-refractivity contribution in [3.63, 3.8) is 0 Å². The lowest BCUT2D eigenvalue weighted by atomic mass is 10.1. The van der Waals surface area contributed by atoms with E-state index in [-0.39, 0.29) is 0 Å². The predicted octanol–water partition coefficient (Wildman–Crippen LogP) is 6.43. The molecular formula is C30H27N2O5S+. The highest BCUT2D eigenvalue weighted by Gasteiger charge is 2.30. The van der Waals surface area contributed by atoms with Gasteiger partial charge in [0.15, 0.2) is 5.75 Å². The Bertz CT molecular complexity index is 1890. The zero-order valence-corrected chi connectivity index (χ0v) is 21.9. The van der Waals surface area contributed by atoms with Gasteiger partial charge >= 0.3 is 16.0 Å². The molecule has 1 N–H and O–H groups in total. The Morgan fingerprint density at radius 2 is 1.63 bits per heavy atom. The molecule has 1 aliphatic rings. The first-order valence-electron chi connectivity index (χ1n) is 12.5. The summed E-state index contributed by atoms with van der Waals surface area (Å²) in [6, 6.07) is 23.7. The zero-order valence-electron chi connectivity index (χ0n) is 21.1. The van der Waals surface area contributed by atoms with Crippen molar-refractivity contribution in [1.82, 2.24) is 0 Å². The van der Waals surface area contributed by atoms with Crippen LogP contribution in [0.2, 0.25) is 0 Å². The molecule has 0 fully saturated rings. The number of aromatic nitrogens is 1. The van der Waals surface area contributed by atoms with E-state index >= 15 is 0 Å². The molecule has 0 atom stereocenters. The second-order valence-corrected chi connectivity index (χ2v) is 10.7. The third kappa shape index (κ3) is 4.21. The Morgan fingerprint density at radius 3 is 2.34 bits per heavy atom. The molecule has 1 aliphatic heterocycles. The third-order valence-electron chi connectivity index (χ3n) is 6.86. The number of hydrogen-bond acceptors (Lipinski definition) is 5. The average Bonchev–Trinajstić information content (AvgIpc) is 3.44. The molecule has 2 heterocycles. The second kappa shape index (κ2) is 9.31. The molecule has 4 aromatic carbocycles. The molecule has 0 bridgehead atoms. The molecule has 7 nitrogen and oxygen atoms in total. The Labute approximate surface area is 220 Å². The van der Waals surface area contributed by atoms with Crippen molar-refractivity contribution in [2.75, 3.05) is 11.4 Å². The van der Waals surface area contributed by atoms with Gasteiger partial charge in [-0.1, -0.05) is 61.5 Å². The van der Waals surface area contributed by atoms with Crippen LogP contribution in [0.3, 0.4) is 0 Å². The van der Waals surface area contributed by atoms with Crippen LogP contribution in [0.4, 0.5) is 5.69 Å². The van der Waals surface area contributed by atoms with E-state index in [1.165, 1.54) is 4.57 Å². The number of oxazole rings is 1. The fraction of sp³-hybridized carbons (Fsp3) is 0.167. The van der Waals surface area contributed by atoms with Crippen molar-refractivity contribution in [2.45, 2.75) is 26.1 Å². The van der Waals surface area contributed by atoms with Crippen LogP contribution in [0.15, 0.2) is 94.7 Å². The Hall–Kier alpha value is -4.14. The van der Waals surface area contributed by atoms with Crippen LogP contribution < -0.4 is 14.2 Å². The number of nitrogens with zero attached hydrogens (tertiary/aromatic N) is 2. The van der Waals surface area contributed by atoms with Crippen molar-refractivity contribution in [3.8, 4) is 5.75 Å². The number of rotatable bonds is 6. The fourth-order valence-electron chi connectivity index (χ4n) is 5.13. The van der Waals surface area contributed by atoms with Gasteiger partial charge in [0.25, 0.3) is 11.4 Å². The fourth-order valence-corrected chi connectivity index (χ4v) is 5.71. The molecule has 38 heavy (non-hydrogen) atoms. The molecule has 0 spiro atoms. The number of benzene rings is 4. The lowest BCUT2D eigenvalue weighted by Crippen LogP contribution is -2.39. The first kappa shape index (κ1) is 24.2. The van der Waals surface area contributed by atoms with Gasteiger partial charge in [0, 0.05) is 18.0 Å². The normalized spacial score (nSPS) is 15.1. The van der Waals surface area contributed by atoms with Crippen LogP contribution >= 0.6 is 0 Å². The van der Waals surface area contributed by atoms with Crippen molar-refractivity contribution >= 4 is 54.5 Å². The van der Waals surface area contributed by atoms with Crippen LogP contribution in [-0.4, -0.2) is 19.5 Å². The zero-order chi connectivity index (χ0) is 26.4. The summed E-state index contributed by atoms with van der Waals surface area (Å²) < 4.78 is 47.7. The van der Waals surface area contributed by atoms with Gasteiger partial charge in [0.2, 0.25) is 11.5 Å².